The van der Waals surface area contributed by atoms with Gasteiger partial charge in [0.05, 0.1) is 17.3 Å². The Labute approximate surface area is 152 Å². The average Bonchev–Trinajstić information content (AvgIpc) is 2.59. The molecule has 2 rings (SSSR count). The molecule has 2 aromatic rings. The molecule has 0 aliphatic heterocycles. The number of carbonyl (C=O) groups excluding carboxylic acids is 1. The van der Waals surface area contributed by atoms with E-state index < -0.39 is 16.4 Å². The van der Waals surface area contributed by atoms with Crippen molar-refractivity contribution in [1.82, 2.24) is 5.32 Å². The van der Waals surface area contributed by atoms with Gasteiger partial charge < -0.3 is 10.4 Å². The number of carbonyl (C=O) groups is 1. The molecule has 7 heteroatoms. The van der Waals surface area contributed by atoms with Crippen LogP contribution in [0.25, 0.3) is 0 Å². The molecule has 0 radical (unpaired) electrons. The highest BCUT2D eigenvalue weighted by atomic mass is 35.5. The topological polar surface area (TPSA) is 83.5 Å². The number of amides is 1. The maximum absolute atomic E-state index is 11.9. The molecule has 2 N–H and O–H groups in total. The molecular weight excluding hydrogens is 362 g/mol. The van der Waals surface area contributed by atoms with Crippen molar-refractivity contribution in [2.24, 2.45) is 0 Å². The van der Waals surface area contributed by atoms with Crippen LogP contribution >= 0.6 is 11.6 Å². The van der Waals surface area contributed by atoms with Crippen LogP contribution in [-0.4, -0.2) is 31.8 Å². The number of aliphatic hydroxyl groups excluding tert-OH is 1. The van der Waals surface area contributed by atoms with E-state index >= 15 is 0 Å². The zero-order valence-corrected chi connectivity index (χ0v) is 15.2. The minimum atomic E-state index is -3.45. The van der Waals surface area contributed by atoms with Crippen molar-refractivity contribution in [2.45, 2.75) is 24.3 Å². The van der Waals surface area contributed by atoms with E-state index in [0.717, 1.165) is 11.1 Å². The Morgan fingerprint density at radius 1 is 1.08 bits per heavy atom. The smallest absolute Gasteiger partial charge is 0.220 e. The van der Waals surface area contributed by atoms with Gasteiger partial charge in [-0.25, -0.2) is 8.42 Å². The van der Waals surface area contributed by atoms with E-state index in [1.807, 2.05) is 18.2 Å². The SMILES string of the molecule is O=C(CCc1ccccc1Cl)NCc1ccc(S(=O)(=O)CCO)cc1. The first-order chi connectivity index (χ1) is 11.9. The lowest BCUT2D eigenvalue weighted by molar-refractivity contribution is -0.121. The van der Waals surface area contributed by atoms with Crippen LogP contribution < -0.4 is 5.32 Å². The molecule has 134 valence electrons. The summed E-state index contributed by atoms with van der Waals surface area (Å²) in [7, 11) is -3.45. The van der Waals surface area contributed by atoms with Gasteiger partial charge in [0.25, 0.3) is 0 Å². The predicted molar refractivity (Wildman–Crippen MR) is 97.2 cm³/mol. The lowest BCUT2D eigenvalue weighted by Gasteiger charge is -2.08. The molecule has 0 atom stereocenters. The van der Waals surface area contributed by atoms with Gasteiger partial charge in [0.2, 0.25) is 5.91 Å². The van der Waals surface area contributed by atoms with E-state index in [4.69, 9.17) is 16.7 Å². The summed E-state index contributed by atoms with van der Waals surface area (Å²) in [5.41, 5.74) is 1.73. The van der Waals surface area contributed by atoms with Crippen molar-refractivity contribution in [1.29, 1.82) is 0 Å². The van der Waals surface area contributed by atoms with Crippen molar-refractivity contribution in [3.63, 3.8) is 0 Å². The van der Waals surface area contributed by atoms with Gasteiger partial charge in [0, 0.05) is 18.0 Å². The minimum Gasteiger partial charge on any atom is -0.395 e. The molecule has 0 fully saturated rings. The molecule has 2 aromatic carbocycles. The average molecular weight is 382 g/mol. The van der Waals surface area contributed by atoms with Crippen LogP contribution in [0, 0.1) is 0 Å². The van der Waals surface area contributed by atoms with Gasteiger partial charge >= 0.3 is 0 Å². The Morgan fingerprint density at radius 3 is 2.40 bits per heavy atom. The number of sulfone groups is 1. The first-order valence-electron chi connectivity index (χ1n) is 7.85. The Hall–Kier alpha value is -1.89. The van der Waals surface area contributed by atoms with Crippen molar-refractivity contribution in [2.75, 3.05) is 12.4 Å². The number of hydrogen-bond donors (Lipinski definition) is 2. The van der Waals surface area contributed by atoms with Crippen LogP contribution in [0.5, 0.6) is 0 Å². The Morgan fingerprint density at radius 2 is 1.76 bits per heavy atom. The molecule has 0 aliphatic rings. The third kappa shape index (κ3) is 5.85. The second kappa shape index (κ2) is 8.99. The molecule has 0 saturated heterocycles. The fourth-order valence-electron chi connectivity index (χ4n) is 2.29. The number of hydrogen-bond acceptors (Lipinski definition) is 4. The third-order valence-corrected chi connectivity index (χ3v) is 5.79. The highest BCUT2D eigenvalue weighted by molar-refractivity contribution is 7.91. The Kier molecular flexibility index (Phi) is 6.99. The van der Waals surface area contributed by atoms with E-state index in [-0.39, 0.29) is 16.6 Å². The summed E-state index contributed by atoms with van der Waals surface area (Å²) >= 11 is 6.06. The molecule has 1 amide bonds. The fraction of sp³-hybridized carbons (Fsp3) is 0.278. The van der Waals surface area contributed by atoms with Crippen molar-refractivity contribution in [3.05, 3.63) is 64.7 Å². The Balaban J connectivity index is 1.85. The van der Waals surface area contributed by atoms with Crippen LogP contribution in [0.2, 0.25) is 5.02 Å². The van der Waals surface area contributed by atoms with Gasteiger partial charge in [0.15, 0.2) is 9.84 Å². The summed E-state index contributed by atoms with van der Waals surface area (Å²) in [6.07, 6.45) is 0.885. The van der Waals surface area contributed by atoms with E-state index in [9.17, 15) is 13.2 Å². The maximum atomic E-state index is 11.9. The first-order valence-corrected chi connectivity index (χ1v) is 9.88. The molecule has 0 unspecified atom stereocenters. The number of rotatable bonds is 8. The number of benzene rings is 2. The number of nitrogens with one attached hydrogen (secondary N) is 1. The summed E-state index contributed by atoms with van der Waals surface area (Å²) in [5.74, 6) is -0.401. The lowest BCUT2D eigenvalue weighted by atomic mass is 10.1. The van der Waals surface area contributed by atoms with E-state index in [1.165, 1.54) is 12.1 Å². The van der Waals surface area contributed by atoms with Crippen LogP contribution in [0.3, 0.4) is 0 Å². The van der Waals surface area contributed by atoms with Crippen molar-refractivity contribution < 1.29 is 18.3 Å². The molecule has 0 saturated carbocycles. The van der Waals surface area contributed by atoms with Gasteiger partial charge in [-0.1, -0.05) is 41.9 Å². The molecule has 5 nitrogen and oxygen atoms in total. The quantitative estimate of drug-likeness (QED) is 0.735. The Bertz CT molecular complexity index is 819. The molecule has 0 heterocycles. The van der Waals surface area contributed by atoms with Crippen molar-refractivity contribution >= 4 is 27.3 Å². The molecule has 0 aromatic heterocycles. The summed E-state index contributed by atoms with van der Waals surface area (Å²) in [6.45, 7) is -0.0900. The van der Waals surface area contributed by atoms with Crippen LogP contribution in [0.15, 0.2) is 53.4 Å². The van der Waals surface area contributed by atoms with Gasteiger partial charge in [-0.2, -0.15) is 0 Å². The molecule has 25 heavy (non-hydrogen) atoms. The van der Waals surface area contributed by atoms with E-state index in [0.29, 0.717) is 24.4 Å². The fourth-order valence-corrected chi connectivity index (χ4v) is 3.55. The van der Waals surface area contributed by atoms with Gasteiger partial charge in [-0.3, -0.25) is 4.79 Å². The third-order valence-electron chi connectivity index (χ3n) is 3.71. The summed E-state index contributed by atoms with van der Waals surface area (Å²) in [4.78, 5) is 12.1. The first kappa shape index (κ1) is 19.4. The zero-order valence-electron chi connectivity index (χ0n) is 13.6. The monoisotopic (exact) mass is 381 g/mol. The standard InChI is InChI=1S/C18H20ClNO4S/c19-17-4-2-1-3-15(17)7-10-18(22)20-13-14-5-8-16(9-6-14)25(23,24)12-11-21/h1-6,8-9,21H,7,10-13H2,(H,20,22). The van der Waals surface area contributed by atoms with E-state index in [1.54, 1.807) is 18.2 Å². The summed E-state index contributed by atoms with van der Waals surface area (Å²) in [6, 6.07) is 13.7. The number of halogens is 1. The molecule has 0 spiro atoms. The predicted octanol–water partition coefficient (Wildman–Crippen LogP) is 2.36. The molecule has 0 aliphatic carbocycles. The van der Waals surface area contributed by atoms with Crippen LogP contribution in [0.4, 0.5) is 0 Å². The van der Waals surface area contributed by atoms with Gasteiger partial charge in [0.1, 0.15) is 0 Å². The van der Waals surface area contributed by atoms with E-state index in [2.05, 4.69) is 5.32 Å². The minimum absolute atomic E-state index is 0.100. The highest BCUT2D eigenvalue weighted by Gasteiger charge is 2.13. The normalized spacial score (nSPS) is 11.3. The van der Waals surface area contributed by atoms with Gasteiger partial charge in [-0.15, -0.1) is 0 Å². The summed E-state index contributed by atoms with van der Waals surface area (Å²) in [5, 5.41) is 12.2. The maximum Gasteiger partial charge on any atom is 0.220 e. The lowest BCUT2D eigenvalue weighted by Crippen LogP contribution is -2.23. The zero-order chi connectivity index (χ0) is 18.3. The summed E-state index contributed by atoms with van der Waals surface area (Å²) < 4.78 is 23.6. The molecule has 0 bridgehead atoms. The second-order valence-electron chi connectivity index (χ2n) is 5.55. The second-order valence-corrected chi connectivity index (χ2v) is 8.07. The molecular formula is C18H20ClNO4S. The highest BCUT2D eigenvalue weighted by Crippen LogP contribution is 2.16. The van der Waals surface area contributed by atoms with Crippen LogP contribution in [-0.2, 0) is 27.6 Å². The van der Waals surface area contributed by atoms with Crippen LogP contribution in [0.1, 0.15) is 17.5 Å². The largest absolute Gasteiger partial charge is 0.395 e. The number of aryl methyl sites for hydroxylation is 1. The van der Waals surface area contributed by atoms with Gasteiger partial charge in [-0.05, 0) is 35.7 Å². The van der Waals surface area contributed by atoms with Crippen molar-refractivity contribution in [3.8, 4) is 0 Å². The number of aliphatic hydroxyl groups is 1.